The Morgan fingerprint density at radius 2 is 1.85 bits per heavy atom. The normalized spacial score (nSPS) is 16.1. The van der Waals surface area contributed by atoms with Gasteiger partial charge in [-0.2, -0.15) is 0 Å². The Balaban J connectivity index is 1.28. The summed E-state index contributed by atoms with van der Waals surface area (Å²) in [7, 11) is 0. The number of hydrogen-bond acceptors (Lipinski definition) is 4. The Morgan fingerprint density at radius 1 is 1.11 bits per heavy atom. The van der Waals surface area contributed by atoms with Crippen LogP contribution in [0.3, 0.4) is 0 Å². The molecule has 0 spiro atoms. The highest BCUT2D eigenvalue weighted by Gasteiger charge is 2.22. The lowest BCUT2D eigenvalue weighted by atomic mass is 10.1. The van der Waals surface area contributed by atoms with Crippen molar-refractivity contribution in [2.45, 2.75) is 13.3 Å². The van der Waals surface area contributed by atoms with Crippen molar-refractivity contribution in [1.82, 2.24) is 4.90 Å². The average molecular weight is 363 g/mol. The maximum Gasteiger partial charge on any atom is 0.260 e. The summed E-state index contributed by atoms with van der Waals surface area (Å²) in [5.41, 5.74) is 5.71. The van der Waals surface area contributed by atoms with Gasteiger partial charge in [-0.1, -0.05) is 30.3 Å². The van der Waals surface area contributed by atoms with Gasteiger partial charge in [0.25, 0.3) is 5.91 Å². The van der Waals surface area contributed by atoms with Crippen molar-refractivity contribution >= 4 is 17.3 Å². The van der Waals surface area contributed by atoms with Crippen LogP contribution in [0.5, 0.6) is 5.75 Å². The minimum atomic E-state index is 0.0384. The molecular weight excluding hydrogens is 338 g/mol. The summed E-state index contributed by atoms with van der Waals surface area (Å²) in [5, 5.41) is 3.24. The number of anilines is 2. The fourth-order valence-corrected chi connectivity index (χ4v) is 3.59. The number of allylic oxidation sites excluding steroid dienone is 1. The first-order chi connectivity index (χ1) is 13.1. The highest BCUT2D eigenvalue weighted by molar-refractivity contribution is 5.78. The van der Waals surface area contributed by atoms with Gasteiger partial charge in [-0.15, -0.1) is 0 Å². The quantitative estimate of drug-likeness (QED) is 0.906. The number of benzene rings is 2. The van der Waals surface area contributed by atoms with Crippen LogP contribution in [0.2, 0.25) is 0 Å². The van der Waals surface area contributed by atoms with Gasteiger partial charge in [-0.05, 0) is 30.7 Å². The fourth-order valence-electron chi connectivity index (χ4n) is 3.59. The van der Waals surface area contributed by atoms with Gasteiger partial charge in [0.15, 0.2) is 6.61 Å². The predicted molar refractivity (Wildman–Crippen MR) is 108 cm³/mol. The molecule has 0 atom stereocenters. The zero-order valence-electron chi connectivity index (χ0n) is 15.7. The monoisotopic (exact) mass is 363 g/mol. The van der Waals surface area contributed by atoms with E-state index in [9.17, 15) is 4.79 Å². The number of rotatable bonds is 4. The number of aryl methyl sites for hydroxylation is 1. The van der Waals surface area contributed by atoms with Gasteiger partial charge in [-0.25, -0.2) is 0 Å². The smallest absolute Gasteiger partial charge is 0.260 e. The van der Waals surface area contributed by atoms with Crippen molar-refractivity contribution in [3.8, 4) is 5.75 Å². The Kier molecular flexibility index (Phi) is 4.75. The first kappa shape index (κ1) is 17.5. The van der Waals surface area contributed by atoms with E-state index in [2.05, 4.69) is 48.0 Å². The number of hydrogen-bond donors (Lipinski definition) is 1. The van der Waals surface area contributed by atoms with Crippen molar-refractivity contribution in [1.29, 1.82) is 0 Å². The van der Waals surface area contributed by atoms with E-state index in [4.69, 9.17) is 4.74 Å². The molecule has 27 heavy (non-hydrogen) atoms. The summed E-state index contributed by atoms with van der Waals surface area (Å²) in [5.74, 6) is 0.749. The number of fused-ring (bicyclic) bond motifs is 1. The highest BCUT2D eigenvalue weighted by Crippen LogP contribution is 2.30. The number of carbonyl (C=O) groups is 1. The second-order valence-electron chi connectivity index (χ2n) is 7.22. The van der Waals surface area contributed by atoms with Crippen LogP contribution >= 0.6 is 0 Å². The molecule has 2 heterocycles. The van der Waals surface area contributed by atoms with Gasteiger partial charge in [0.05, 0.1) is 0 Å². The Bertz CT molecular complexity index is 852. The number of nitrogens with zero attached hydrogens (tertiary/aromatic N) is 2. The van der Waals surface area contributed by atoms with E-state index in [-0.39, 0.29) is 12.5 Å². The van der Waals surface area contributed by atoms with Crippen LogP contribution in [0, 0.1) is 6.92 Å². The number of ether oxygens (including phenoxy) is 1. The third-order valence-electron chi connectivity index (χ3n) is 5.19. The molecule has 5 nitrogen and oxygen atoms in total. The van der Waals surface area contributed by atoms with Crippen LogP contribution in [0.15, 0.2) is 54.7 Å². The van der Waals surface area contributed by atoms with E-state index < -0.39 is 0 Å². The summed E-state index contributed by atoms with van der Waals surface area (Å²) in [4.78, 5) is 16.7. The third-order valence-corrected chi connectivity index (χ3v) is 5.19. The zero-order chi connectivity index (χ0) is 18.8. The number of carbonyl (C=O) groups excluding carboxylic acids is 1. The second-order valence-corrected chi connectivity index (χ2v) is 7.22. The topological polar surface area (TPSA) is 44.8 Å². The van der Waals surface area contributed by atoms with Crippen LogP contribution in [0.4, 0.5) is 11.4 Å². The Labute approximate surface area is 160 Å². The molecule has 1 fully saturated rings. The number of nitrogens with one attached hydrogen (secondary N) is 1. The molecule has 2 aliphatic rings. The van der Waals surface area contributed by atoms with E-state index in [0.29, 0.717) is 5.75 Å². The first-order valence-corrected chi connectivity index (χ1v) is 9.38. The SMILES string of the molecule is C=C1Cc2ccc(OCC(=O)N3CCN(c4ccc(C)cc4)CC3)cc2N1. The minimum absolute atomic E-state index is 0.0384. The first-order valence-electron chi connectivity index (χ1n) is 9.38. The summed E-state index contributed by atoms with van der Waals surface area (Å²) in [6, 6.07) is 14.4. The van der Waals surface area contributed by atoms with Crippen molar-refractivity contribution in [2.75, 3.05) is 43.0 Å². The lowest BCUT2D eigenvalue weighted by molar-refractivity contribution is -0.133. The molecule has 140 valence electrons. The number of piperazine rings is 1. The van der Waals surface area contributed by atoms with Gasteiger partial charge in [0.1, 0.15) is 5.75 Å². The lowest BCUT2D eigenvalue weighted by Crippen LogP contribution is -2.50. The second kappa shape index (κ2) is 7.35. The van der Waals surface area contributed by atoms with Crippen LogP contribution in [0.1, 0.15) is 11.1 Å². The molecule has 1 N–H and O–H groups in total. The van der Waals surface area contributed by atoms with E-state index in [1.165, 1.54) is 16.8 Å². The Hall–Kier alpha value is -2.95. The molecule has 1 amide bonds. The molecule has 1 saturated heterocycles. The molecular formula is C22H25N3O2. The maximum atomic E-state index is 12.5. The lowest BCUT2D eigenvalue weighted by Gasteiger charge is -2.36. The van der Waals surface area contributed by atoms with Crippen molar-refractivity contribution in [3.63, 3.8) is 0 Å². The molecule has 0 aliphatic carbocycles. The van der Waals surface area contributed by atoms with Crippen LogP contribution in [-0.2, 0) is 11.2 Å². The molecule has 0 aromatic heterocycles. The van der Waals surface area contributed by atoms with Crippen molar-refractivity contribution in [3.05, 3.63) is 65.9 Å². The predicted octanol–water partition coefficient (Wildman–Crippen LogP) is 3.20. The van der Waals surface area contributed by atoms with Gasteiger partial charge in [0.2, 0.25) is 0 Å². The molecule has 0 radical (unpaired) electrons. The fraction of sp³-hybridized carbons (Fsp3) is 0.318. The average Bonchev–Trinajstić information content (AvgIpc) is 3.06. The Morgan fingerprint density at radius 3 is 2.59 bits per heavy atom. The van der Waals surface area contributed by atoms with Gasteiger partial charge in [-0.3, -0.25) is 4.79 Å². The summed E-state index contributed by atoms with van der Waals surface area (Å²) >= 11 is 0. The molecule has 0 saturated carbocycles. The molecule has 0 unspecified atom stereocenters. The zero-order valence-corrected chi connectivity index (χ0v) is 15.7. The highest BCUT2D eigenvalue weighted by atomic mass is 16.5. The standard InChI is InChI=1S/C22H25N3O2/c1-16-3-6-19(7-4-16)24-9-11-25(12-10-24)22(26)15-27-20-8-5-18-13-17(2)23-21(18)14-20/h3-8,14,23H,2,9-13,15H2,1H3. The van der Waals surface area contributed by atoms with E-state index in [0.717, 1.165) is 44.0 Å². The number of amides is 1. The van der Waals surface area contributed by atoms with Crippen molar-refractivity contribution in [2.24, 2.45) is 0 Å². The molecule has 2 aliphatic heterocycles. The minimum Gasteiger partial charge on any atom is -0.484 e. The molecule has 0 bridgehead atoms. The maximum absolute atomic E-state index is 12.5. The molecule has 5 heteroatoms. The van der Waals surface area contributed by atoms with Gasteiger partial charge in [0, 0.05) is 55.7 Å². The van der Waals surface area contributed by atoms with E-state index in [1.807, 2.05) is 23.1 Å². The van der Waals surface area contributed by atoms with E-state index in [1.54, 1.807) is 0 Å². The van der Waals surface area contributed by atoms with Crippen LogP contribution < -0.4 is 15.0 Å². The van der Waals surface area contributed by atoms with E-state index >= 15 is 0 Å². The van der Waals surface area contributed by atoms with Crippen LogP contribution in [0.25, 0.3) is 0 Å². The van der Waals surface area contributed by atoms with Gasteiger partial charge >= 0.3 is 0 Å². The largest absolute Gasteiger partial charge is 0.484 e. The van der Waals surface area contributed by atoms with Crippen molar-refractivity contribution < 1.29 is 9.53 Å². The van der Waals surface area contributed by atoms with Crippen LogP contribution in [-0.4, -0.2) is 43.6 Å². The third kappa shape index (κ3) is 3.92. The molecule has 2 aromatic rings. The summed E-state index contributed by atoms with van der Waals surface area (Å²) in [6.07, 6.45) is 0.847. The van der Waals surface area contributed by atoms with Gasteiger partial charge < -0.3 is 19.9 Å². The summed E-state index contributed by atoms with van der Waals surface area (Å²) < 4.78 is 5.73. The molecule has 2 aromatic carbocycles. The summed E-state index contributed by atoms with van der Waals surface area (Å²) in [6.45, 7) is 9.26. The molecule has 4 rings (SSSR count).